The summed E-state index contributed by atoms with van der Waals surface area (Å²) in [6, 6.07) is 2.73. The topological polar surface area (TPSA) is 80.4 Å². The van der Waals surface area contributed by atoms with Crippen molar-refractivity contribution in [2.45, 2.75) is 19.3 Å². The molecule has 4 nitrogen and oxygen atoms in total. The molecule has 4 atom stereocenters. The third kappa shape index (κ3) is 1.96. The number of carbonyl (C=O) groups excluding carboxylic acids is 1. The van der Waals surface area contributed by atoms with E-state index in [-0.39, 0.29) is 33.7 Å². The number of carboxylic acids is 1. The van der Waals surface area contributed by atoms with Gasteiger partial charge in [-0.2, -0.15) is 0 Å². The lowest BCUT2D eigenvalue weighted by Gasteiger charge is -2.37. The highest BCUT2D eigenvalue weighted by molar-refractivity contribution is 9.10. The molecule has 3 aliphatic carbocycles. The van der Waals surface area contributed by atoms with Gasteiger partial charge in [0.15, 0.2) is 11.6 Å². The second-order valence-electron chi connectivity index (χ2n) is 7.35. The zero-order chi connectivity index (χ0) is 18.1. The molecular formula is C18H16BrF2NO3. The van der Waals surface area contributed by atoms with Crippen molar-refractivity contribution in [3.63, 3.8) is 0 Å². The van der Waals surface area contributed by atoms with Crippen LogP contribution in [0.2, 0.25) is 0 Å². The number of nitrogens with two attached hydrogens (primary N) is 1. The Morgan fingerprint density at radius 2 is 1.92 bits per heavy atom. The van der Waals surface area contributed by atoms with E-state index in [0.717, 1.165) is 12.8 Å². The number of halogens is 3. The summed E-state index contributed by atoms with van der Waals surface area (Å²) in [4.78, 5) is 24.5. The number of carbonyl (C=O) groups is 2. The molecule has 0 unspecified atom stereocenters. The predicted octanol–water partition coefficient (Wildman–Crippen LogP) is 3.04. The van der Waals surface area contributed by atoms with Crippen LogP contribution in [0.4, 0.5) is 8.78 Å². The van der Waals surface area contributed by atoms with E-state index in [2.05, 4.69) is 15.9 Å². The lowest BCUT2D eigenvalue weighted by atomic mass is 9.64. The van der Waals surface area contributed by atoms with E-state index in [9.17, 15) is 23.5 Å². The zero-order valence-corrected chi connectivity index (χ0v) is 14.7. The Labute approximate surface area is 151 Å². The molecule has 25 heavy (non-hydrogen) atoms. The fourth-order valence-corrected chi connectivity index (χ4v) is 5.56. The van der Waals surface area contributed by atoms with Gasteiger partial charge in [-0.15, -0.1) is 0 Å². The van der Waals surface area contributed by atoms with Gasteiger partial charge in [-0.25, -0.2) is 8.78 Å². The van der Waals surface area contributed by atoms with Crippen molar-refractivity contribution in [3.05, 3.63) is 46.0 Å². The number of amides is 1. The molecule has 3 aliphatic rings. The Morgan fingerprint density at radius 3 is 2.48 bits per heavy atom. The highest BCUT2D eigenvalue weighted by atomic mass is 79.9. The molecule has 4 rings (SSSR count). The second kappa shape index (κ2) is 5.13. The van der Waals surface area contributed by atoms with E-state index in [1.807, 2.05) is 12.2 Å². The number of benzene rings is 1. The molecule has 1 aromatic carbocycles. The lowest BCUT2D eigenvalue weighted by Crippen LogP contribution is -2.50. The molecule has 0 aliphatic heterocycles. The van der Waals surface area contributed by atoms with Crippen LogP contribution >= 0.6 is 15.9 Å². The maximum Gasteiger partial charge on any atom is 0.308 e. The van der Waals surface area contributed by atoms with Crippen LogP contribution in [-0.2, 0) is 16.0 Å². The van der Waals surface area contributed by atoms with Crippen molar-refractivity contribution in [2.24, 2.45) is 34.3 Å². The van der Waals surface area contributed by atoms with Gasteiger partial charge in [0.25, 0.3) is 0 Å². The fourth-order valence-electron chi connectivity index (χ4n) is 5.26. The van der Waals surface area contributed by atoms with Crippen LogP contribution < -0.4 is 5.73 Å². The summed E-state index contributed by atoms with van der Waals surface area (Å²) in [5.41, 5.74) is 3.97. The summed E-state index contributed by atoms with van der Waals surface area (Å²) >= 11 is 2.92. The SMILES string of the molecule is NC(=O)[C@@]1(Cc2ccc(Br)c(F)c2F)[C@H](C(=O)O)[C@H]2C=C[C@H]1C21CC1. The van der Waals surface area contributed by atoms with Gasteiger partial charge in [0.1, 0.15) is 0 Å². The molecule has 2 bridgehead atoms. The molecular weight excluding hydrogens is 396 g/mol. The van der Waals surface area contributed by atoms with Crippen LogP contribution in [0.1, 0.15) is 18.4 Å². The highest BCUT2D eigenvalue weighted by Crippen LogP contribution is 2.76. The summed E-state index contributed by atoms with van der Waals surface area (Å²) in [6.07, 6.45) is 5.14. The van der Waals surface area contributed by atoms with Crippen molar-refractivity contribution >= 4 is 27.8 Å². The average Bonchev–Trinajstić information content (AvgIpc) is 3.22. The molecule has 7 heteroatoms. The van der Waals surface area contributed by atoms with Crippen molar-refractivity contribution in [1.29, 1.82) is 0 Å². The van der Waals surface area contributed by atoms with Gasteiger partial charge < -0.3 is 10.8 Å². The molecule has 1 amide bonds. The molecule has 0 aromatic heterocycles. The maximum atomic E-state index is 14.4. The van der Waals surface area contributed by atoms with E-state index in [1.54, 1.807) is 0 Å². The van der Waals surface area contributed by atoms with E-state index < -0.39 is 34.8 Å². The Balaban J connectivity index is 1.86. The minimum absolute atomic E-state index is 0.0249. The van der Waals surface area contributed by atoms with Gasteiger partial charge in [-0.05, 0) is 64.1 Å². The van der Waals surface area contributed by atoms with Gasteiger partial charge in [0.2, 0.25) is 5.91 Å². The highest BCUT2D eigenvalue weighted by Gasteiger charge is 2.76. The molecule has 0 heterocycles. The van der Waals surface area contributed by atoms with Crippen LogP contribution in [0.25, 0.3) is 0 Å². The van der Waals surface area contributed by atoms with E-state index in [1.165, 1.54) is 12.1 Å². The van der Waals surface area contributed by atoms with Crippen LogP contribution in [0.3, 0.4) is 0 Å². The molecule has 3 N–H and O–H groups in total. The van der Waals surface area contributed by atoms with Gasteiger partial charge in [0.05, 0.1) is 15.8 Å². The number of hydrogen-bond donors (Lipinski definition) is 2. The number of rotatable bonds is 4. The number of carboxylic acid groups (broad SMARTS) is 1. The van der Waals surface area contributed by atoms with Crippen molar-refractivity contribution in [1.82, 2.24) is 0 Å². The third-order valence-corrected chi connectivity index (χ3v) is 7.03. The van der Waals surface area contributed by atoms with Crippen LogP contribution in [-0.4, -0.2) is 17.0 Å². The molecule has 0 saturated heterocycles. The number of aliphatic carboxylic acids is 1. The Hall–Kier alpha value is -1.76. The van der Waals surface area contributed by atoms with E-state index in [0.29, 0.717) is 0 Å². The smallest absolute Gasteiger partial charge is 0.308 e. The molecule has 1 spiro atoms. The molecule has 1 aromatic rings. The van der Waals surface area contributed by atoms with Crippen LogP contribution in [0.15, 0.2) is 28.8 Å². The predicted molar refractivity (Wildman–Crippen MR) is 88.3 cm³/mol. The maximum absolute atomic E-state index is 14.4. The van der Waals surface area contributed by atoms with Crippen molar-refractivity contribution in [2.75, 3.05) is 0 Å². The fraction of sp³-hybridized carbons (Fsp3) is 0.444. The largest absolute Gasteiger partial charge is 0.481 e. The summed E-state index contributed by atoms with van der Waals surface area (Å²) < 4.78 is 28.3. The van der Waals surface area contributed by atoms with Crippen molar-refractivity contribution in [3.8, 4) is 0 Å². The van der Waals surface area contributed by atoms with Gasteiger partial charge >= 0.3 is 5.97 Å². The Bertz CT molecular complexity index is 836. The Morgan fingerprint density at radius 1 is 1.24 bits per heavy atom. The van der Waals surface area contributed by atoms with Gasteiger partial charge in [0, 0.05) is 0 Å². The minimum atomic E-state index is -1.44. The number of hydrogen-bond acceptors (Lipinski definition) is 2. The number of primary amides is 1. The van der Waals surface area contributed by atoms with E-state index >= 15 is 0 Å². The first-order chi connectivity index (χ1) is 11.8. The Kier molecular flexibility index (Phi) is 3.42. The van der Waals surface area contributed by atoms with Gasteiger partial charge in [-0.3, -0.25) is 9.59 Å². The monoisotopic (exact) mass is 411 g/mol. The second-order valence-corrected chi connectivity index (χ2v) is 8.21. The average molecular weight is 412 g/mol. The number of allylic oxidation sites excluding steroid dienone is 2. The summed E-state index contributed by atoms with van der Waals surface area (Å²) in [7, 11) is 0. The van der Waals surface area contributed by atoms with Crippen LogP contribution in [0, 0.1) is 40.2 Å². The lowest BCUT2D eigenvalue weighted by molar-refractivity contribution is -0.153. The summed E-state index contributed by atoms with van der Waals surface area (Å²) in [6.45, 7) is 0. The van der Waals surface area contributed by atoms with Crippen LogP contribution in [0.5, 0.6) is 0 Å². The first-order valence-electron chi connectivity index (χ1n) is 8.09. The third-order valence-electron chi connectivity index (χ3n) is 6.41. The summed E-state index contributed by atoms with van der Waals surface area (Å²) in [5, 5.41) is 9.81. The molecule has 0 radical (unpaired) electrons. The minimum Gasteiger partial charge on any atom is -0.481 e. The van der Waals surface area contributed by atoms with Gasteiger partial charge in [-0.1, -0.05) is 18.2 Å². The molecule has 2 fully saturated rings. The molecule has 2 saturated carbocycles. The first-order valence-corrected chi connectivity index (χ1v) is 8.88. The normalized spacial score (nSPS) is 33.8. The van der Waals surface area contributed by atoms with Crippen molar-refractivity contribution < 1.29 is 23.5 Å². The standard InChI is InChI=1S/C18H16BrF2NO3/c19-10-3-1-8(13(20)14(10)21)7-18(16(22)25)11-4-2-9(12(18)15(23)24)17(11)5-6-17/h1-4,9,11-12H,5-7H2,(H2,22,25)(H,23,24)/t9-,11+,12+,18-/m1/s1. The molecule has 132 valence electrons. The quantitative estimate of drug-likeness (QED) is 0.590. The summed E-state index contributed by atoms with van der Waals surface area (Å²) in [5.74, 6) is -5.65. The van der Waals surface area contributed by atoms with E-state index in [4.69, 9.17) is 5.73 Å². The first kappa shape index (κ1) is 16.7. The zero-order valence-electron chi connectivity index (χ0n) is 13.1.